The summed E-state index contributed by atoms with van der Waals surface area (Å²) in [4.78, 5) is 14.2. The van der Waals surface area contributed by atoms with Crippen LogP contribution in [0.15, 0.2) is 24.3 Å². The average Bonchev–Trinajstić information content (AvgIpc) is 2.71. The Kier molecular flexibility index (Phi) is 4.90. The summed E-state index contributed by atoms with van der Waals surface area (Å²) >= 11 is 0. The zero-order valence-electron chi connectivity index (χ0n) is 15.1. The van der Waals surface area contributed by atoms with Gasteiger partial charge in [-0.1, -0.05) is 6.07 Å². The van der Waals surface area contributed by atoms with Gasteiger partial charge in [-0.25, -0.2) is 4.98 Å². The normalized spacial score (nSPS) is 18.2. The summed E-state index contributed by atoms with van der Waals surface area (Å²) in [5.74, 6) is 1.70. The quantitative estimate of drug-likeness (QED) is 0.840. The standard InChI is InChI=1S/C19H25N5O2/c1-14-2-3-15(20)12-16(14)17-13-18(23-4-8-25-9-5-23)22-19(21-17)24-6-10-26-11-7-24/h2-3,12-13H,4-11,20H2,1H3. The minimum Gasteiger partial charge on any atom is -0.399 e. The van der Waals surface area contributed by atoms with E-state index in [9.17, 15) is 0 Å². The highest BCUT2D eigenvalue weighted by Gasteiger charge is 2.20. The first-order chi connectivity index (χ1) is 12.7. The van der Waals surface area contributed by atoms with Crippen LogP contribution in [0.25, 0.3) is 11.3 Å². The molecule has 0 aliphatic carbocycles. The number of nitrogens with two attached hydrogens (primary N) is 1. The molecular weight excluding hydrogens is 330 g/mol. The summed E-state index contributed by atoms with van der Waals surface area (Å²) in [6.07, 6.45) is 0. The van der Waals surface area contributed by atoms with Crippen molar-refractivity contribution in [3.63, 3.8) is 0 Å². The van der Waals surface area contributed by atoms with E-state index in [1.165, 1.54) is 0 Å². The number of aromatic nitrogens is 2. The molecule has 0 atom stereocenters. The predicted octanol–water partition coefficient (Wildman–Crippen LogP) is 1.71. The fraction of sp³-hybridized carbons (Fsp3) is 0.474. The van der Waals surface area contributed by atoms with Crippen LogP contribution in [-0.2, 0) is 9.47 Å². The van der Waals surface area contributed by atoms with Gasteiger partial charge in [0.1, 0.15) is 5.82 Å². The van der Waals surface area contributed by atoms with Gasteiger partial charge in [-0.3, -0.25) is 0 Å². The average molecular weight is 355 g/mol. The van der Waals surface area contributed by atoms with Crippen molar-refractivity contribution in [1.82, 2.24) is 9.97 Å². The van der Waals surface area contributed by atoms with Crippen LogP contribution >= 0.6 is 0 Å². The first kappa shape index (κ1) is 17.1. The lowest BCUT2D eigenvalue weighted by Gasteiger charge is -2.31. The van der Waals surface area contributed by atoms with Crippen molar-refractivity contribution in [2.75, 3.05) is 68.1 Å². The van der Waals surface area contributed by atoms with Crippen molar-refractivity contribution in [2.45, 2.75) is 6.92 Å². The van der Waals surface area contributed by atoms with E-state index in [4.69, 9.17) is 25.2 Å². The van der Waals surface area contributed by atoms with Crippen molar-refractivity contribution in [3.8, 4) is 11.3 Å². The number of hydrogen-bond acceptors (Lipinski definition) is 7. The van der Waals surface area contributed by atoms with Crippen LogP contribution in [0.1, 0.15) is 5.56 Å². The SMILES string of the molecule is Cc1ccc(N)cc1-c1cc(N2CCOCC2)nc(N2CCOCC2)n1. The van der Waals surface area contributed by atoms with Crippen molar-refractivity contribution in [1.29, 1.82) is 0 Å². The highest BCUT2D eigenvalue weighted by Crippen LogP contribution is 2.29. The minimum absolute atomic E-state index is 0.706. The summed E-state index contributed by atoms with van der Waals surface area (Å²) in [6, 6.07) is 8.02. The van der Waals surface area contributed by atoms with Gasteiger partial charge >= 0.3 is 0 Å². The zero-order chi connectivity index (χ0) is 17.9. The molecule has 7 nitrogen and oxygen atoms in total. The lowest BCUT2D eigenvalue weighted by molar-refractivity contribution is 0.121. The molecule has 0 radical (unpaired) electrons. The van der Waals surface area contributed by atoms with E-state index in [0.717, 1.165) is 73.7 Å². The third kappa shape index (κ3) is 3.59. The van der Waals surface area contributed by atoms with Crippen LogP contribution in [0.4, 0.5) is 17.5 Å². The molecule has 2 fully saturated rings. The van der Waals surface area contributed by atoms with Crippen LogP contribution in [-0.4, -0.2) is 62.6 Å². The van der Waals surface area contributed by atoms with Crippen molar-refractivity contribution in [3.05, 3.63) is 29.8 Å². The second kappa shape index (κ2) is 7.47. The van der Waals surface area contributed by atoms with Gasteiger partial charge in [-0.2, -0.15) is 4.98 Å². The second-order valence-corrected chi connectivity index (χ2v) is 6.68. The van der Waals surface area contributed by atoms with E-state index >= 15 is 0 Å². The van der Waals surface area contributed by atoms with Gasteiger partial charge in [-0.05, 0) is 24.6 Å². The van der Waals surface area contributed by atoms with Crippen molar-refractivity contribution >= 4 is 17.5 Å². The Morgan fingerprint density at radius 1 is 0.885 bits per heavy atom. The molecule has 0 spiro atoms. The van der Waals surface area contributed by atoms with E-state index in [1.807, 2.05) is 18.2 Å². The summed E-state index contributed by atoms with van der Waals surface area (Å²) in [5.41, 5.74) is 9.88. The molecule has 0 amide bonds. The maximum Gasteiger partial charge on any atom is 0.228 e. The van der Waals surface area contributed by atoms with Gasteiger partial charge in [0.05, 0.1) is 32.1 Å². The van der Waals surface area contributed by atoms with E-state index < -0.39 is 0 Å². The number of nitrogen functional groups attached to an aromatic ring is 1. The summed E-state index contributed by atoms with van der Waals surface area (Å²) in [6.45, 7) is 8.25. The smallest absolute Gasteiger partial charge is 0.228 e. The van der Waals surface area contributed by atoms with E-state index in [1.54, 1.807) is 0 Å². The molecule has 0 unspecified atom stereocenters. The summed E-state index contributed by atoms with van der Waals surface area (Å²) < 4.78 is 11.0. The number of hydrogen-bond donors (Lipinski definition) is 1. The van der Waals surface area contributed by atoms with Crippen molar-refractivity contribution in [2.24, 2.45) is 0 Å². The molecule has 1 aromatic carbocycles. The second-order valence-electron chi connectivity index (χ2n) is 6.68. The molecule has 3 heterocycles. The van der Waals surface area contributed by atoms with Crippen LogP contribution < -0.4 is 15.5 Å². The van der Waals surface area contributed by atoms with Gasteiger partial charge in [0.25, 0.3) is 0 Å². The molecule has 0 bridgehead atoms. The van der Waals surface area contributed by atoms with E-state index in [-0.39, 0.29) is 0 Å². The fourth-order valence-electron chi connectivity index (χ4n) is 3.33. The third-order valence-corrected chi connectivity index (χ3v) is 4.87. The number of ether oxygens (including phenoxy) is 2. The van der Waals surface area contributed by atoms with Gasteiger partial charge < -0.3 is 25.0 Å². The third-order valence-electron chi connectivity index (χ3n) is 4.87. The predicted molar refractivity (Wildman–Crippen MR) is 103 cm³/mol. The monoisotopic (exact) mass is 355 g/mol. The Balaban J connectivity index is 1.77. The first-order valence-electron chi connectivity index (χ1n) is 9.12. The van der Waals surface area contributed by atoms with Crippen LogP contribution in [0.3, 0.4) is 0 Å². The number of rotatable bonds is 3. The molecular formula is C19H25N5O2. The van der Waals surface area contributed by atoms with Crippen LogP contribution in [0.2, 0.25) is 0 Å². The van der Waals surface area contributed by atoms with Crippen LogP contribution in [0.5, 0.6) is 0 Å². The Bertz CT molecular complexity index is 734. The Morgan fingerprint density at radius 3 is 2.23 bits per heavy atom. The van der Waals surface area contributed by atoms with E-state index in [2.05, 4.69) is 22.8 Å². The van der Waals surface area contributed by atoms with E-state index in [0.29, 0.717) is 13.2 Å². The summed E-state index contributed by atoms with van der Waals surface area (Å²) in [7, 11) is 0. The fourth-order valence-corrected chi connectivity index (χ4v) is 3.33. The lowest BCUT2D eigenvalue weighted by Crippen LogP contribution is -2.39. The molecule has 138 valence electrons. The van der Waals surface area contributed by atoms with Crippen molar-refractivity contribution < 1.29 is 9.47 Å². The highest BCUT2D eigenvalue weighted by molar-refractivity contribution is 5.71. The largest absolute Gasteiger partial charge is 0.399 e. The zero-order valence-corrected chi connectivity index (χ0v) is 15.1. The van der Waals surface area contributed by atoms with Gasteiger partial charge in [0.2, 0.25) is 5.95 Å². The number of aryl methyl sites for hydroxylation is 1. The maximum atomic E-state index is 6.03. The van der Waals surface area contributed by atoms with Gasteiger partial charge in [0.15, 0.2) is 0 Å². The molecule has 26 heavy (non-hydrogen) atoms. The minimum atomic E-state index is 0.706. The molecule has 0 saturated carbocycles. The van der Waals surface area contributed by atoms with Gasteiger partial charge in [0, 0.05) is 43.5 Å². The van der Waals surface area contributed by atoms with Crippen LogP contribution in [0, 0.1) is 6.92 Å². The molecule has 7 heteroatoms. The number of morpholine rings is 2. The molecule has 2 N–H and O–H groups in total. The lowest BCUT2D eigenvalue weighted by atomic mass is 10.0. The van der Waals surface area contributed by atoms with Gasteiger partial charge in [-0.15, -0.1) is 0 Å². The molecule has 1 aromatic heterocycles. The number of nitrogens with zero attached hydrogens (tertiary/aromatic N) is 4. The first-order valence-corrected chi connectivity index (χ1v) is 9.12. The number of benzene rings is 1. The Morgan fingerprint density at radius 2 is 1.54 bits per heavy atom. The topological polar surface area (TPSA) is 76.7 Å². The maximum absolute atomic E-state index is 6.03. The highest BCUT2D eigenvalue weighted by atomic mass is 16.5. The molecule has 2 saturated heterocycles. The number of anilines is 3. The Hall–Kier alpha value is -2.38. The molecule has 4 rings (SSSR count). The molecule has 2 aliphatic heterocycles. The summed E-state index contributed by atoms with van der Waals surface area (Å²) in [5, 5.41) is 0. The molecule has 2 aliphatic rings. The molecule has 2 aromatic rings. The Labute approximate surface area is 153 Å².